The summed E-state index contributed by atoms with van der Waals surface area (Å²) < 4.78 is 0.483. The Morgan fingerprint density at radius 2 is 2.29 bits per heavy atom. The smallest absolute Gasteiger partial charge is 0.262 e. The molecule has 2 aromatic heterocycles. The average molecular weight is 274 g/mol. The Kier molecular flexibility index (Phi) is 2.56. The van der Waals surface area contributed by atoms with Gasteiger partial charge in [-0.3, -0.25) is 9.78 Å². The predicted octanol–water partition coefficient (Wildman–Crippen LogP) is 2.42. The largest absolute Gasteiger partial charge is 0.320 e. The van der Waals surface area contributed by atoms with Crippen molar-refractivity contribution in [3.8, 4) is 0 Å². The maximum atomic E-state index is 11.3. The molecule has 0 radical (unpaired) electrons. The van der Waals surface area contributed by atoms with E-state index in [4.69, 9.17) is 11.6 Å². The minimum absolute atomic E-state index is 0.161. The van der Waals surface area contributed by atoms with Crippen molar-refractivity contribution < 1.29 is 0 Å². The van der Waals surface area contributed by atoms with Gasteiger partial charge in [0.1, 0.15) is 0 Å². The molecule has 0 aromatic carbocycles. The lowest BCUT2D eigenvalue weighted by Crippen LogP contribution is -2.06. The predicted molar refractivity (Wildman–Crippen MR) is 59.6 cm³/mol. The van der Waals surface area contributed by atoms with E-state index in [1.165, 1.54) is 0 Å². The van der Waals surface area contributed by atoms with Crippen LogP contribution in [0.25, 0.3) is 11.0 Å². The zero-order valence-electron chi connectivity index (χ0n) is 7.05. The minimum Gasteiger partial charge on any atom is -0.320 e. The summed E-state index contributed by atoms with van der Waals surface area (Å²) in [5.41, 5.74) is 2.17. The fourth-order valence-corrected chi connectivity index (χ4v) is 1.64. The van der Waals surface area contributed by atoms with E-state index in [-0.39, 0.29) is 5.56 Å². The number of aromatic amines is 1. The minimum atomic E-state index is -0.161. The summed E-state index contributed by atoms with van der Waals surface area (Å²) in [5.74, 6) is 0.390. The molecule has 0 aliphatic carbocycles. The van der Waals surface area contributed by atoms with Crippen LogP contribution in [0.15, 0.2) is 27.6 Å². The quantitative estimate of drug-likeness (QED) is 0.811. The van der Waals surface area contributed by atoms with Crippen LogP contribution in [0.2, 0.25) is 0 Å². The first-order valence-corrected chi connectivity index (χ1v) is 5.27. The molecular weight excluding hydrogens is 267 g/mol. The Balaban J connectivity index is 2.77. The number of halogens is 2. The second kappa shape index (κ2) is 3.71. The van der Waals surface area contributed by atoms with Crippen molar-refractivity contribution in [2.24, 2.45) is 0 Å². The van der Waals surface area contributed by atoms with E-state index < -0.39 is 0 Å². The van der Waals surface area contributed by atoms with Gasteiger partial charge in [-0.25, -0.2) is 0 Å². The van der Waals surface area contributed by atoms with E-state index in [2.05, 4.69) is 25.9 Å². The van der Waals surface area contributed by atoms with Gasteiger partial charge in [0.05, 0.1) is 15.5 Å². The van der Waals surface area contributed by atoms with Crippen molar-refractivity contribution in [3.05, 3.63) is 38.7 Å². The second-order valence-corrected chi connectivity index (χ2v) is 3.98. The molecule has 0 bridgehead atoms. The number of rotatable bonds is 1. The highest BCUT2D eigenvalue weighted by Crippen LogP contribution is 2.13. The lowest BCUT2D eigenvalue weighted by Gasteiger charge is -1.99. The lowest BCUT2D eigenvalue weighted by molar-refractivity contribution is 1.22. The standard InChI is InChI=1S/C9H6BrClN2O/c10-6-2-7-8(13-9(6)14)1-5(3-11)4-12-7/h1-2,4H,3H2,(H,13,14). The van der Waals surface area contributed by atoms with Crippen molar-refractivity contribution in [1.29, 1.82) is 0 Å². The van der Waals surface area contributed by atoms with Crippen LogP contribution in [0.4, 0.5) is 0 Å². The zero-order chi connectivity index (χ0) is 10.1. The highest BCUT2D eigenvalue weighted by molar-refractivity contribution is 9.10. The van der Waals surface area contributed by atoms with E-state index in [1.807, 2.05) is 6.07 Å². The zero-order valence-corrected chi connectivity index (χ0v) is 9.39. The van der Waals surface area contributed by atoms with Gasteiger partial charge in [-0.05, 0) is 33.6 Å². The first-order chi connectivity index (χ1) is 6.70. The van der Waals surface area contributed by atoms with Gasteiger partial charge in [0.15, 0.2) is 0 Å². The number of pyridine rings is 2. The summed E-state index contributed by atoms with van der Waals surface area (Å²) in [6.07, 6.45) is 1.69. The first-order valence-electron chi connectivity index (χ1n) is 3.94. The highest BCUT2D eigenvalue weighted by atomic mass is 79.9. The molecular formula is C9H6BrClN2O. The molecule has 5 heteroatoms. The highest BCUT2D eigenvalue weighted by Gasteiger charge is 2.01. The Morgan fingerprint density at radius 3 is 3.00 bits per heavy atom. The molecule has 0 aliphatic heterocycles. The second-order valence-electron chi connectivity index (χ2n) is 2.86. The summed E-state index contributed by atoms with van der Waals surface area (Å²) in [6, 6.07) is 3.51. The van der Waals surface area contributed by atoms with Crippen LogP contribution in [-0.2, 0) is 5.88 Å². The van der Waals surface area contributed by atoms with Crippen molar-refractivity contribution in [3.63, 3.8) is 0 Å². The van der Waals surface area contributed by atoms with E-state index in [0.29, 0.717) is 15.9 Å². The van der Waals surface area contributed by atoms with Crippen molar-refractivity contribution >= 4 is 38.6 Å². The fourth-order valence-electron chi connectivity index (χ4n) is 1.17. The van der Waals surface area contributed by atoms with Crippen molar-refractivity contribution in [1.82, 2.24) is 9.97 Å². The van der Waals surface area contributed by atoms with Crippen LogP contribution in [0.3, 0.4) is 0 Å². The SMILES string of the molecule is O=c1[nH]c2cc(CCl)cnc2cc1Br. The van der Waals surface area contributed by atoms with Crippen molar-refractivity contribution in [2.45, 2.75) is 5.88 Å². The molecule has 2 heterocycles. The molecule has 72 valence electrons. The Morgan fingerprint density at radius 1 is 1.50 bits per heavy atom. The molecule has 0 saturated heterocycles. The van der Waals surface area contributed by atoms with Crippen LogP contribution in [-0.4, -0.2) is 9.97 Å². The molecule has 2 aromatic rings. The molecule has 0 atom stereocenters. The van der Waals surface area contributed by atoms with Crippen molar-refractivity contribution in [2.75, 3.05) is 0 Å². The van der Waals surface area contributed by atoms with Gasteiger partial charge in [0.2, 0.25) is 0 Å². The summed E-state index contributed by atoms with van der Waals surface area (Å²) in [5, 5.41) is 0. The maximum Gasteiger partial charge on any atom is 0.262 e. The van der Waals surface area contributed by atoms with Crippen LogP contribution in [0.5, 0.6) is 0 Å². The van der Waals surface area contributed by atoms with Crippen LogP contribution < -0.4 is 5.56 Å². The first kappa shape index (κ1) is 9.68. The van der Waals surface area contributed by atoms with Gasteiger partial charge in [0.25, 0.3) is 5.56 Å². The third kappa shape index (κ3) is 1.67. The lowest BCUT2D eigenvalue weighted by atomic mass is 10.2. The van der Waals surface area contributed by atoms with E-state index >= 15 is 0 Å². The summed E-state index contributed by atoms with van der Waals surface area (Å²) in [4.78, 5) is 18.1. The van der Waals surface area contributed by atoms with Crippen LogP contribution in [0, 0.1) is 0 Å². The van der Waals surface area contributed by atoms with Gasteiger partial charge in [0, 0.05) is 12.1 Å². The molecule has 1 N–H and O–H groups in total. The Labute approximate surface area is 93.2 Å². The molecule has 2 rings (SSSR count). The summed E-state index contributed by atoms with van der Waals surface area (Å²) in [6.45, 7) is 0. The summed E-state index contributed by atoms with van der Waals surface area (Å²) >= 11 is 8.80. The average Bonchev–Trinajstić information content (AvgIpc) is 2.19. The number of nitrogens with zero attached hydrogens (tertiary/aromatic N) is 1. The molecule has 0 saturated carbocycles. The third-order valence-corrected chi connectivity index (χ3v) is 2.76. The van der Waals surface area contributed by atoms with E-state index in [9.17, 15) is 4.79 Å². The van der Waals surface area contributed by atoms with Crippen LogP contribution >= 0.6 is 27.5 Å². The molecule has 0 aliphatic rings. The summed E-state index contributed by atoms with van der Waals surface area (Å²) in [7, 11) is 0. The fraction of sp³-hybridized carbons (Fsp3) is 0.111. The van der Waals surface area contributed by atoms with Gasteiger partial charge in [-0.2, -0.15) is 0 Å². The number of fused-ring (bicyclic) bond motifs is 1. The number of aromatic nitrogens is 2. The third-order valence-electron chi connectivity index (χ3n) is 1.86. The van der Waals surface area contributed by atoms with E-state index in [0.717, 1.165) is 11.1 Å². The van der Waals surface area contributed by atoms with E-state index in [1.54, 1.807) is 12.3 Å². The van der Waals surface area contributed by atoms with Gasteiger partial charge in [-0.15, -0.1) is 11.6 Å². The number of hydrogen-bond acceptors (Lipinski definition) is 2. The van der Waals surface area contributed by atoms with Gasteiger partial charge in [-0.1, -0.05) is 0 Å². The monoisotopic (exact) mass is 272 g/mol. The number of hydrogen-bond donors (Lipinski definition) is 1. The molecule has 14 heavy (non-hydrogen) atoms. The Hall–Kier alpha value is -0.870. The topological polar surface area (TPSA) is 45.8 Å². The normalized spacial score (nSPS) is 10.7. The van der Waals surface area contributed by atoms with Crippen LogP contribution in [0.1, 0.15) is 5.56 Å². The Bertz CT molecular complexity index is 538. The van der Waals surface area contributed by atoms with Gasteiger partial charge < -0.3 is 4.98 Å². The molecule has 0 amide bonds. The molecule has 0 fully saturated rings. The molecule has 0 unspecified atom stereocenters. The molecule has 3 nitrogen and oxygen atoms in total. The maximum absolute atomic E-state index is 11.3. The molecule has 0 spiro atoms. The van der Waals surface area contributed by atoms with Gasteiger partial charge >= 0.3 is 0 Å². The number of alkyl halides is 1. The number of H-pyrrole nitrogens is 1. The number of nitrogens with one attached hydrogen (secondary N) is 1.